The largest absolute Gasteiger partial charge is 0.298 e. The van der Waals surface area contributed by atoms with Gasteiger partial charge in [-0.2, -0.15) is 0 Å². The van der Waals surface area contributed by atoms with E-state index in [2.05, 4.69) is 24.7 Å². The second kappa shape index (κ2) is 6.81. The number of likely N-dealkylation sites (tertiary alicyclic amines) is 1. The normalized spacial score (nSPS) is 18.4. The maximum atomic E-state index is 12.2. The van der Waals surface area contributed by atoms with Crippen molar-refractivity contribution in [3.8, 4) is 12.3 Å². The van der Waals surface area contributed by atoms with Crippen LogP contribution in [0, 0.1) is 12.3 Å². The summed E-state index contributed by atoms with van der Waals surface area (Å²) in [5.74, 6) is 2.94. The Hall–Kier alpha value is -0.810. The molecular weight excluding hydrogens is 210 g/mol. The molecular formula is C15H25NO. The van der Waals surface area contributed by atoms with Crippen molar-refractivity contribution in [3.63, 3.8) is 0 Å². The minimum absolute atomic E-state index is 0.307. The third kappa shape index (κ3) is 4.16. The highest BCUT2D eigenvalue weighted by molar-refractivity contribution is 5.87. The molecule has 0 atom stereocenters. The lowest BCUT2D eigenvalue weighted by Crippen LogP contribution is -2.50. The molecule has 1 heterocycles. The molecule has 1 fully saturated rings. The predicted octanol–water partition coefficient (Wildman–Crippen LogP) is 3.01. The van der Waals surface area contributed by atoms with Gasteiger partial charge < -0.3 is 0 Å². The van der Waals surface area contributed by atoms with Gasteiger partial charge in [0.15, 0.2) is 5.78 Å². The third-order valence-corrected chi connectivity index (χ3v) is 3.80. The maximum absolute atomic E-state index is 12.2. The van der Waals surface area contributed by atoms with E-state index in [1.54, 1.807) is 0 Å². The Morgan fingerprint density at radius 1 is 1.24 bits per heavy atom. The number of ketones is 1. The molecule has 1 aliphatic heterocycles. The van der Waals surface area contributed by atoms with Gasteiger partial charge in [0.05, 0.1) is 5.54 Å². The summed E-state index contributed by atoms with van der Waals surface area (Å²) in [7, 11) is 0. The topological polar surface area (TPSA) is 20.3 Å². The molecule has 0 aromatic heterocycles. The Labute approximate surface area is 106 Å². The lowest BCUT2D eigenvalue weighted by atomic mass is 9.92. The third-order valence-electron chi connectivity index (χ3n) is 3.80. The molecule has 2 nitrogen and oxygen atoms in total. The van der Waals surface area contributed by atoms with Gasteiger partial charge in [-0.1, -0.05) is 12.8 Å². The average Bonchev–Trinajstić information content (AvgIpc) is 2.58. The number of unbranched alkanes of at least 4 members (excludes halogenated alkanes) is 1. The van der Waals surface area contributed by atoms with E-state index in [-0.39, 0.29) is 5.54 Å². The molecule has 17 heavy (non-hydrogen) atoms. The number of Topliss-reactive ketones (excluding diaryl/α,β-unsaturated/α-hetero) is 1. The van der Waals surface area contributed by atoms with Crippen LogP contribution in [0.1, 0.15) is 58.8 Å². The standard InChI is InChI=1S/C15H25NO/c1-4-5-8-11-14(17)15(2,3)16-12-9-6-7-10-13-16/h1H,5-13H2,2-3H3. The zero-order valence-electron chi connectivity index (χ0n) is 11.3. The zero-order valence-corrected chi connectivity index (χ0v) is 11.3. The van der Waals surface area contributed by atoms with Crippen LogP contribution < -0.4 is 0 Å². The molecule has 1 saturated heterocycles. The SMILES string of the molecule is C#CCCCC(=O)C(C)(C)N1CCCCCC1. The Bertz CT molecular complexity index is 280. The summed E-state index contributed by atoms with van der Waals surface area (Å²) < 4.78 is 0. The van der Waals surface area contributed by atoms with Gasteiger partial charge in [-0.25, -0.2) is 0 Å². The fourth-order valence-electron chi connectivity index (χ4n) is 2.46. The molecule has 0 radical (unpaired) electrons. The molecule has 0 unspecified atom stereocenters. The van der Waals surface area contributed by atoms with E-state index in [9.17, 15) is 4.79 Å². The van der Waals surface area contributed by atoms with Crippen LogP contribution in [0.25, 0.3) is 0 Å². The molecule has 0 N–H and O–H groups in total. The summed E-state index contributed by atoms with van der Waals surface area (Å²) in [5, 5.41) is 0. The predicted molar refractivity (Wildman–Crippen MR) is 71.8 cm³/mol. The number of nitrogens with zero attached hydrogens (tertiary/aromatic N) is 1. The molecule has 2 heteroatoms. The fraction of sp³-hybridized carbons (Fsp3) is 0.800. The second-order valence-electron chi connectivity index (χ2n) is 5.44. The number of hydrogen-bond donors (Lipinski definition) is 0. The first-order valence-corrected chi connectivity index (χ1v) is 6.81. The van der Waals surface area contributed by atoms with E-state index in [0.717, 1.165) is 19.5 Å². The van der Waals surface area contributed by atoms with Crippen molar-refractivity contribution in [3.05, 3.63) is 0 Å². The summed E-state index contributed by atoms with van der Waals surface area (Å²) in [5.41, 5.74) is -0.307. The summed E-state index contributed by atoms with van der Waals surface area (Å²) in [4.78, 5) is 14.6. The molecule has 0 aromatic rings. The average molecular weight is 235 g/mol. The molecule has 0 aromatic carbocycles. The second-order valence-corrected chi connectivity index (χ2v) is 5.44. The van der Waals surface area contributed by atoms with Crippen molar-refractivity contribution in [2.75, 3.05) is 13.1 Å². The Balaban J connectivity index is 2.52. The van der Waals surface area contributed by atoms with Gasteiger partial charge >= 0.3 is 0 Å². The van der Waals surface area contributed by atoms with Crippen molar-refractivity contribution in [2.24, 2.45) is 0 Å². The highest BCUT2D eigenvalue weighted by atomic mass is 16.1. The van der Waals surface area contributed by atoms with Gasteiger partial charge in [0.25, 0.3) is 0 Å². The van der Waals surface area contributed by atoms with Crippen LogP contribution in [0.4, 0.5) is 0 Å². The van der Waals surface area contributed by atoms with Crippen LogP contribution in [-0.4, -0.2) is 29.3 Å². The van der Waals surface area contributed by atoms with Crippen LogP contribution in [0.2, 0.25) is 0 Å². The van der Waals surface area contributed by atoms with Gasteiger partial charge in [-0.05, 0) is 46.2 Å². The molecule has 0 spiro atoms. The molecule has 0 saturated carbocycles. The molecule has 1 aliphatic rings. The van der Waals surface area contributed by atoms with E-state index in [1.807, 2.05) is 0 Å². The fourth-order valence-corrected chi connectivity index (χ4v) is 2.46. The van der Waals surface area contributed by atoms with Gasteiger partial charge in [-0.3, -0.25) is 9.69 Å². The molecule has 0 aliphatic carbocycles. The summed E-state index contributed by atoms with van der Waals surface area (Å²) in [6.07, 6.45) is 12.4. The van der Waals surface area contributed by atoms with E-state index in [0.29, 0.717) is 18.6 Å². The molecule has 0 bridgehead atoms. The van der Waals surface area contributed by atoms with Gasteiger partial charge in [0.2, 0.25) is 0 Å². The zero-order chi connectivity index (χ0) is 12.7. The van der Waals surface area contributed by atoms with E-state index >= 15 is 0 Å². The number of carbonyl (C=O) groups excluding carboxylic acids is 1. The van der Waals surface area contributed by atoms with Crippen molar-refractivity contribution >= 4 is 5.78 Å². The Kier molecular flexibility index (Phi) is 5.71. The minimum Gasteiger partial charge on any atom is -0.298 e. The molecule has 0 amide bonds. The van der Waals surface area contributed by atoms with E-state index in [1.165, 1.54) is 25.7 Å². The van der Waals surface area contributed by atoms with Crippen LogP contribution in [0.15, 0.2) is 0 Å². The van der Waals surface area contributed by atoms with Crippen molar-refractivity contribution in [2.45, 2.75) is 64.3 Å². The smallest absolute Gasteiger partial charge is 0.152 e. The van der Waals surface area contributed by atoms with Crippen molar-refractivity contribution in [1.82, 2.24) is 4.90 Å². The van der Waals surface area contributed by atoms with Crippen molar-refractivity contribution < 1.29 is 4.79 Å². The summed E-state index contributed by atoms with van der Waals surface area (Å²) >= 11 is 0. The van der Waals surface area contributed by atoms with Crippen LogP contribution in [0.5, 0.6) is 0 Å². The minimum atomic E-state index is -0.307. The Morgan fingerprint density at radius 2 is 1.82 bits per heavy atom. The van der Waals surface area contributed by atoms with Crippen LogP contribution in [-0.2, 0) is 4.79 Å². The number of terminal acetylenes is 1. The van der Waals surface area contributed by atoms with E-state index < -0.39 is 0 Å². The highest BCUT2D eigenvalue weighted by Gasteiger charge is 2.33. The lowest BCUT2D eigenvalue weighted by Gasteiger charge is -2.36. The quantitative estimate of drug-likeness (QED) is 0.539. The van der Waals surface area contributed by atoms with Crippen LogP contribution in [0.3, 0.4) is 0 Å². The Morgan fingerprint density at radius 3 is 2.35 bits per heavy atom. The first-order chi connectivity index (χ1) is 8.09. The monoisotopic (exact) mass is 235 g/mol. The lowest BCUT2D eigenvalue weighted by molar-refractivity contribution is -0.129. The van der Waals surface area contributed by atoms with Gasteiger partial charge in [0.1, 0.15) is 0 Å². The molecule has 96 valence electrons. The summed E-state index contributed by atoms with van der Waals surface area (Å²) in [6.45, 7) is 6.26. The molecule has 1 rings (SSSR count). The first kappa shape index (κ1) is 14.3. The van der Waals surface area contributed by atoms with Crippen molar-refractivity contribution in [1.29, 1.82) is 0 Å². The van der Waals surface area contributed by atoms with E-state index in [4.69, 9.17) is 6.42 Å². The highest BCUT2D eigenvalue weighted by Crippen LogP contribution is 2.22. The number of carbonyl (C=O) groups is 1. The number of hydrogen-bond acceptors (Lipinski definition) is 2. The maximum Gasteiger partial charge on any atom is 0.152 e. The first-order valence-electron chi connectivity index (χ1n) is 6.81. The van der Waals surface area contributed by atoms with Gasteiger partial charge in [-0.15, -0.1) is 12.3 Å². The van der Waals surface area contributed by atoms with Crippen LogP contribution >= 0.6 is 0 Å². The summed E-state index contributed by atoms with van der Waals surface area (Å²) in [6, 6.07) is 0. The van der Waals surface area contributed by atoms with Gasteiger partial charge in [0, 0.05) is 12.8 Å². The number of rotatable bonds is 5.